The molecule has 0 atom stereocenters. The van der Waals surface area contributed by atoms with E-state index < -0.39 is 0 Å². The number of hydrogen-bond acceptors (Lipinski definition) is 11. The largest absolute Gasteiger partial charge is 0.486 e. The van der Waals surface area contributed by atoms with E-state index in [1.807, 2.05) is 36.4 Å². The third-order valence-electron chi connectivity index (χ3n) is 5.04. The van der Waals surface area contributed by atoms with E-state index in [0.717, 1.165) is 42.4 Å². The van der Waals surface area contributed by atoms with Gasteiger partial charge in [-0.2, -0.15) is 0 Å². The fourth-order valence-corrected chi connectivity index (χ4v) is 6.98. The maximum Gasteiger partial charge on any atom is 0.181 e. The predicted octanol–water partition coefficient (Wildman–Crippen LogP) is 4.79. The number of fused-ring (bicyclic) bond motifs is 2. The van der Waals surface area contributed by atoms with Gasteiger partial charge in [0.15, 0.2) is 33.3 Å². The van der Waals surface area contributed by atoms with E-state index in [1.54, 1.807) is 11.8 Å². The number of thiazole rings is 2. The van der Waals surface area contributed by atoms with Gasteiger partial charge in [-0.05, 0) is 36.4 Å². The second-order valence-electron chi connectivity index (χ2n) is 7.20. The summed E-state index contributed by atoms with van der Waals surface area (Å²) in [5.74, 6) is 2.89. The van der Waals surface area contributed by atoms with Crippen LogP contribution < -0.4 is 30.4 Å². The number of ether oxygens (including phenoxy) is 4. The van der Waals surface area contributed by atoms with Crippen molar-refractivity contribution >= 4 is 44.7 Å². The maximum atomic E-state index is 6.11. The van der Waals surface area contributed by atoms with Crippen molar-refractivity contribution in [3.63, 3.8) is 0 Å². The highest BCUT2D eigenvalue weighted by atomic mass is 32.2. The van der Waals surface area contributed by atoms with Gasteiger partial charge in [-0.15, -0.1) is 0 Å². The number of nitrogens with two attached hydrogens (primary N) is 2. The van der Waals surface area contributed by atoms with Crippen LogP contribution in [0.1, 0.15) is 0 Å². The van der Waals surface area contributed by atoms with E-state index in [9.17, 15) is 0 Å². The van der Waals surface area contributed by atoms with Crippen molar-refractivity contribution in [3.8, 4) is 45.5 Å². The van der Waals surface area contributed by atoms with Crippen molar-refractivity contribution in [3.05, 3.63) is 36.4 Å². The number of anilines is 2. The van der Waals surface area contributed by atoms with Gasteiger partial charge in [0.2, 0.25) is 0 Å². The van der Waals surface area contributed by atoms with Crippen LogP contribution in [-0.2, 0) is 0 Å². The van der Waals surface area contributed by atoms with Gasteiger partial charge in [-0.25, -0.2) is 9.97 Å². The quantitative estimate of drug-likeness (QED) is 0.410. The fourth-order valence-electron chi connectivity index (χ4n) is 3.61. The molecular weight excluding hydrogens is 480 g/mol. The standard InChI is InChI=1S/C22H18N4O4S3/c23-21-25-17(11-1-3-13-15(9-11)29-7-5-27-13)19(32-21)31-20-18(26-22(24)33-20)12-2-4-14-16(10-12)30-8-6-28-14/h1-4,9-10H,5-8H2,(H2,23,25)(H2,24,26). The minimum atomic E-state index is 0.487. The van der Waals surface area contributed by atoms with Crippen LogP contribution in [0, 0.1) is 0 Å². The Labute approximate surface area is 201 Å². The van der Waals surface area contributed by atoms with E-state index in [-0.39, 0.29) is 0 Å². The third-order valence-corrected chi connectivity index (χ3v) is 8.16. The average molecular weight is 499 g/mol. The predicted molar refractivity (Wildman–Crippen MR) is 130 cm³/mol. The summed E-state index contributed by atoms with van der Waals surface area (Å²) in [5, 5.41) is 0.974. The Morgan fingerprint density at radius 2 is 1.06 bits per heavy atom. The summed E-state index contributed by atoms with van der Waals surface area (Å²) in [4.78, 5) is 9.18. The molecule has 0 saturated carbocycles. The Bertz CT molecular complexity index is 1250. The zero-order valence-corrected chi connectivity index (χ0v) is 19.6. The van der Waals surface area contributed by atoms with Crippen LogP contribution in [0.5, 0.6) is 23.0 Å². The molecule has 0 bridgehead atoms. The lowest BCUT2D eigenvalue weighted by Gasteiger charge is -2.19. The molecule has 33 heavy (non-hydrogen) atoms. The van der Waals surface area contributed by atoms with Crippen LogP contribution in [0.2, 0.25) is 0 Å². The first kappa shape index (κ1) is 20.5. The first-order chi connectivity index (χ1) is 16.1. The van der Waals surface area contributed by atoms with Crippen molar-refractivity contribution in [2.45, 2.75) is 8.42 Å². The normalized spacial score (nSPS) is 14.3. The molecule has 0 aliphatic carbocycles. The topological polar surface area (TPSA) is 115 Å². The number of benzene rings is 2. The molecule has 6 rings (SSSR count). The Kier molecular flexibility index (Phi) is 5.16. The zero-order chi connectivity index (χ0) is 22.4. The number of rotatable bonds is 4. The summed E-state index contributed by atoms with van der Waals surface area (Å²) in [6, 6.07) is 11.6. The molecule has 0 spiro atoms. The van der Waals surface area contributed by atoms with Gasteiger partial charge >= 0.3 is 0 Å². The lowest BCUT2D eigenvalue weighted by atomic mass is 10.1. The molecule has 0 radical (unpaired) electrons. The Morgan fingerprint density at radius 1 is 0.636 bits per heavy atom. The van der Waals surface area contributed by atoms with Crippen LogP contribution in [-0.4, -0.2) is 36.4 Å². The number of hydrogen-bond donors (Lipinski definition) is 2. The first-order valence-corrected chi connectivity index (χ1v) is 12.6. The van der Waals surface area contributed by atoms with E-state index in [4.69, 9.17) is 30.4 Å². The van der Waals surface area contributed by atoms with Gasteiger partial charge in [0.05, 0.1) is 19.8 Å². The monoisotopic (exact) mass is 498 g/mol. The zero-order valence-electron chi connectivity index (χ0n) is 17.2. The summed E-state index contributed by atoms with van der Waals surface area (Å²) in [7, 11) is 0. The van der Waals surface area contributed by atoms with Crippen molar-refractivity contribution in [1.29, 1.82) is 0 Å². The molecule has 4 aromatic rings. The second-order valence-corrected chi connectivity index (χ2v) is 10.8. The highest BCUT2D eigenvalue weighted by molar-refractivity contribution is 8.03. The Morgan fingerprint density at radius 3 is 1.52 bits per heavy atom. The van der Waals surface area contributed by atoms with Gasteiger partial charge < -0.3 is 30.4 Å². The molecule has 168 valence electrons. The smallest absolute Gasteiger partial charge is 0.181 e. The molecule has 0 fully saturated rings. The second kappa shape index (κ2) is 8.32. The molecule has 2 aromatic carbocycles. The first-order valence-electron chi connectivity index (χ1n) is 10.1. The summed E-state index contributed by atoms with van der Waals surface area (Å²) in [6.07, 6.45) is 0. The average Bonchev–Trinajstić information content (AvgIpc) is 3.40. The molecule has 2 aliphatic rings. The SMILES string of the molecule is Nc1nc(-c2ccc3c(c2)OCCO3)c(Sc2sc(N)nc2-c2ccc3c(c2)OCCO3)s1. The number of aromatic nitrogens is 2. The summed E-state index contributed by atoms with van der Waals surface area (Å²) in [6.45, 7) is 2.14. The van der Waals surface area contributed by atoms with Crippen molar-refractivity contribution in [2.24, 2.45) is 0 Å². The van der Waals surface area contributed by atoms with E-state index in [1.165, 1.54) is 22.7 Å². The van der Waals surface area contributed by atoms with E-state index >= 15 is 0 Å². The molecule has 11 heteroatoms. The summed E-state index contributed by atoms with van der Waals surface area (Å²) >= 11 is 4.41. The van der Waals surface area contributed by atoms with Crippen LogP contribution in [0.3, 0.4) is 0 Å². The molecule has 0 saturated heterocycles. The molecule has 4 N–H and O–H groups in total. The highest BCUT2D eigenvalue weighted by Crippen LogP contribution is 2.48. The van der Waals surface area contributed by atoms with Crippen LogP contribution in [0.25, 0.3) is 22.5 Å². The number of nitrogens with zero attached hydrogens (tertiary/aromatic N) is 2. The molecule has 0 amide bonds. The van der Waals surface area contributed by atoms with Crippen molar-refractivity contribution < 1.29 is 18.9 Å². The van der Waals surface area contributed by atoms with E-state index in [2.05, 4.69) is 9.97 Å². The van der Waals surface area contributed by atoms with Crippen LogP contribution >= 0.6 is 34.4 Å². The lowest BCUT2D eigenvalue weighted by molar-refractivity contribution is 0.171. The van der Waals surface area contributed by atoms with Gasteiger partial charge in [-0.3, -0.25) is 0 Å². The van der Waals surface area contributed by atoms with Gasteiger partial charge in [0.1, 0.15) is 26.4 Å². The number of nitrogen functional groups attached to an aromatic ring is 2. The Hall–Kier alpha value is -3.15. The highest BCUT2D eigenvalue weighted by Gasteiger charge is 2.22. The van der Waals surface area contributed by atoms with Gasteiger partial charge in [0, 0.05) is 11.1 Å². The van der Waals surface area contributed by atoms with Gasteiger partial charge in [-0.1, -0.05) is 34.4 Å². The molecule has 0 unspecified atom stereocenters. The minimum Gasteiger partial charge on any atom is -0.486 e. The minimum absolute atomic E-state index is 0.487. The Balaban J connectivity index is 1.36. The third kappa shape index (κ3) is 3.92. The molecular formula is C22H18N4O4S3. The summed E-state index contributed by atoms with van der Waals surface area (Å²) in [5.41, 5.74) is 15.6. The van der Waals surface area contributed by atoms with E-state index in [0.29, 0.717) is 48.2 Å². The molecule has 2 aliphatic heterocycles. The molecule has 4 heterocycles. The fraction of sp³-hybridized carbons (Fsp3) is 0.182. The van der Waals surface area contributed by atoms with Crippen LogP contribution in [0.4, 0.5) is 10.3 Å². The molecule has 2 aromatic heterocycles. The lowest BCUT2D eigenvalue weighted by Crippen LogP contribution is -2.15. The van der Waals surface area contributed by atoms with Crippen LogP contribution in [0.15, 0.2) is 44.8 Å². The van der Waals surface area contributed by atoms with Crippen molar-refractivity contribution in [1.82, 2.24) is 9.97 Å². The molecule has 8 nitrogen and oxygen atoms in total. The van der Waals surface area contributed by atoms with Gasteiger partial charge in [0.25, 0.3) is 0 Å². The summed E-state index contributed by atoms with van der Waals surface area (Å²) < 4.78 is 24.7. The van der Waals surface area contributed by atoms with Crippen molar-refractivity contribution in [2.75, 3.05) is 37.9 Å². The maximum absolute atomic E-state index is 6.11.